The lowest BCUT2D eigenvalue weighted by Crippen LogP contribution is -2.22. The van der Waals surface area contributed by atoms with E-state index in [2.05, 4.69) is 20.1 Å². The Bertz CT molecular complexity index is 761. The number of anilines is 1. The van der Waals surface area contributed by atoms with Crippen molar-refractivity contribution in [2.45, 2.75) is 12.2 Å². The highest BCUT2D eigenvalue weighted by Gasteiger charge is 2.30. The lowest BCUT2D eigenvalue weighted by molar-refractivity contribution is 0.102. The molecule has 0 aliphatic carbocycles. The quantitative estimate of drug-likeness (QED) is 0.844. The number of fused-ring (bicyclic) bond motifs is 1. The molecule has 8 nitrogen and oxygen atoms in total. The van der Waals surface area contributed by atoms with Crippen LogP contribution in [0.4, 0.5) is 5.82 Å². The second-order valence-electron chi connectivity index (χ2n) is 4.58. The number of carbonyl (C=O) groups excluding carboxylic acids is 1. The Kier molecular flexibility index (Phi) is 2.85. The first-order valence-electron chi connectivity index (χ1n) is 5.93. The highest BCUT2D eigenvalue weighted by molar-refractivity contribution is 7.90. The van der Waals surface area contributed by atoms with Gasteiger partial charge in [0.25, 0.3) is 5.91 Å². The number of carbonyl (C=O) groups is 1. The van der Waals surface area contributed by atoms with Crippen LogP contribution in [0.25, 0.3) is 0 Å². The molecule has 0 unspecified atom stereocenters. The van der Waals surface area contributed by atoms with Crippen LogP contribution in [0.3, 0.4) is 0 Å². The molecular formula is C11H12N4O4S. The molecule has 0 spiro atoms. The van der Waals surface area contributed by atoms with E-state index in [0.717, 1.165) is 5.69 Å². The van der Waals surface area contributed by atoms with Crippen molar-refractivity contribution in [2.75, 3.05) is 11.1 Å². The second-order valence-corrected chi connectivity index (χ2v) is 6.76. The van der Waals surface area contributed by atoms with E-state index in [0.29, 0.717) is 12.0 Å². The first kappa shape index (κ1) is 12.9. The number of aromatic nitrogens is 3. The van der Waals surface area contributed by atoms with Crippen LogP contribution in [0.1, 0.15) is 21.7 Å². The van der Waals surface area contributed by atoms with Gasteiger partial charge in [-0.05, 0) is 0 Å². The molecule has 1 aliphatic heterocycles. The molecule has 0 aromatic carbocycles. The van der Waals surface area contributed by atoms with E-state index in [1.165, 1.54) is 12.3 Å². The molecule has 1 aliphatic rings. The van der Waals surface area contributed by atoms with Gasteiger partial charge in [-0.2, -0.15) is 5.10 Å². The molecule has 3 heterocycles. The van der Waals surface area contributed by atoms with Crippen molar-refractivity contribution in [3.63, 3.8) is 0 Å². The molecule has 106 valence electrons. The molecule has 0 atom stereocenters. The molecule has 20 heavy (non-hydrogen) atoms. The van der Waals surface area contributed by atoms with Crippen molar-refractivity contribution >= 4 is 21.6 Å². The third-order valence-electron chi connectivity index (χ3n) is 3.18. The van der Waals surface area contributed by atoms with Crippen LogP contribution in [0.2, 0.25) is 0 Å². The zero-order valence-electron chi connectivity index (χ0n) is 10.7. The standard InChI is InChI=1S/C11H12N4O4S/c1-15-8-3-5-20(17,18)6-7(8)10(13-15)11(16)12-9-2-4-19-14-9/h2,4H,3,5-6H2,1H3,(H,12,14,16). The Labute approximate surface area is 114 Å². The molecular weight excluding hydrogens is 284 g/mol. The van der Waals surface area contributed by atoms with E-state index in [9.17, 15) is 13.2 Å². The Hall–Kier alpha value is -2.16. The van der Waals surface area contributed by atoms with E-state index in [-0.39, 0.29) is 23.0 Å². The average Bonchev–Trinajstić information content (AvgIpc) is 2.96. The van der Waals surface area contributed by atoms with E-state index >= 15 is 0 Å². The fraction of sp³-hybridized carbons (Fsp3) is 0.364. The highest BCUT2D eigenvalue weighted by atomic mass is 32.2. The Morgan fingerprint density at radius 1 is 1.50 bits per heavy atom. The highest BCUT2D eigenvalue weighted by Crippen LogP contribution is 2.24. The van der Waals surface area contributed by atoms with Crippen molar-refractivity contribution in [2.24, 2.45) is 7.05 Å². The molecule has 2 aromatic heterocycles. The average molecular weight is 296 g/mol. The molecule has 0 saturated carbocycles. The predicted octanol–water partition coefficient (Wildman–Crippen LogP) is 0.131. The van der Waals surface area contributed by atoms with Crippen LogP contribution in [0.15, 0.2) is 16.9 Å². The van der Waals surface area contributed by atoms with E-state index in [1.807, 2.05) is 0 Å². The van der Waals surface area contributed by atoms with Gasteiger partial charge in [0.15, 0.2) is 21.3 Å². The van der Waals surface area contributed by atoms with Gasteiger partial charge in [0.2, 0.25) is 0 Å². The lowest BCUT2D eigenvalue weighted by atomic mass is 10.1. The molecule has 0 saturated heterocycles. The second kappa shape index (κ2) is 4.44. The predicted molar refractivity (Wildman–Crippen MR) is 68.9 cm³/mol. The summed E-state index contributed by atoms with van der Waals surface area (Å²) >= 11 is 0. The number of nitrogens with one attached hydrogen (secondary N) is 1. The number of hydrogen-bond acceptors (Lipinski definition) is 6. The van der Waals surface area contributed by atoms with Gasteiger partial charge in [-0.15, -0.1) is 0 Å². The molecule has 2 aromatic rings. The van der Waals surface area contributed by atoms with Crippen LogP contribution >= 0.6 is 0 Å². The first-order valence-corrected chi connectivity index (χ1v) is 7.75. The van der Waals surface area contributed by atoms with Gasteiger partial charge in [-0.3, -0.25) is 9.48 Å². The molecule has 9 heteroatoms. The fourth-order valence-corrected chi connectivity index (χ4v) is 3.64. The number of sulfone groups is 1. The van der Waals surface area contributed by atoms with Crippen LogP contribution in [-0.2, 0) is 29.1 Å². The van der Waals surface area contributed by atoms with E-state index in [1.54, 1.807) is 11.7 Å². The van der Waals surface area contributed by atoms with Crippen LogP contribution in [-0.4, -0.2) is 35.0 Å². The normalized spacial score (nSPS) is 16.6. The van der Waals surface area contributed by atoms with E-state index < -0.39 is 15.7 Å². The monoisotopic (exact) mass is 296 g/mol. The van der Waals surface area contributed by atoms with Crippen molar-refractivity contribution in [3.8, 4) is 0 Å². The maximum absolute atomic E-state index is 12.1. The SMILES string of the molecule is Cn1nc(C(=O)Nc2ccon2)c2c1CCS(=O)(=O)C2. The zero-order valence-corrected chi connectivity index (χ0v) is 11.5. The minimum Gasteiger partial charge on any atom is -0.363 e. The first-order chi connectivity index (χ1) is 9.46. The lowest BCUT2D eigenvalue weighted by Gasteiger charge is -2.13. The van der Waals surface area contributed by atoms with Crippen LogP contribution in [0.5, 0.6) is 0 Å². The summed E-state index contributed by atoms with van der Waals surface area (Å²) < 4.78 is 29.6. The Morgan fingerprint density at radius 2 is 2.30 bits per heavy atom. The maximum atomic E-state index is 12.1. The number of hydrogen-bond donors (Lipinski definition) is 1. The summed E-state index contributed by atoms with van der Waals surface area (Å²) in [6, 6.07) is 1.49. The van der Waals surface area contributed by atoms with Crippen molar-refractivity contribution in [1.29, 1.82) is 0 Å². The summed E-state index contributed by atoms with van der Waals surface area (Å²) in [5.74, 6) is -0.303. The number of nitrogens with zero attached hydrogens (tertiary/aromatic N) is 3. The topological polar surface area (TPSA) is 107 Å². The van der Waals surface area contributed by atoms with Crippen LogP contribution in [0, 0.1) is 0 Å². The van der Waals surface area contributed by atoms with Gasteiger partial charge in [0.05, 0.1) is 11.5 Å². The maximum Gasteiger partial charge on any atom is 0.277 e. The van der Waals surface area contributed by atoms with Gasteiger partial charge in [-0.25, -0.2) is 8.42 Å². The molecule has 1 amide bonds. The van der Waals surface area contributed by atoms with Gasteiger partial charge in [-0.1, -0.05) is 5.16 Å². The minimum atomic E-state index is -3.17. The Morgan fingerprint density at radius 3 is 3.00 bits per heavy atom. The molecule has 0 radical (unpaired) electrons. The summed E-state index contributed by atoms with van der Waals surface area (Å²) in [5, 5.41) is 10.2. The van der Waals surface area contributed by atoms with Gasteiger partial charge >= 0.3 is 0 Å². The van der Waals surface area contributed by atoms with Crippen molar-refractivity contribution in [3.05, 3.63) is 29.3 Å². The van der Waals surface area contributed by atoms with E-state index in [4.69, 9.17) is 0 Å². The minimum absolute atomic E-state index is 0.0872. The van der Waals surface area contributed by atoms with Crippen molar-refractivity contribution in [1.82, 2.24) is 14.9 Å². The van der Waals surface area contributed by atoms with Crippen molar-refractivity contribution < 1.29 is 17.7 Å². The smallest absolute Gasteiger partial charge is 0.277 e. The zero-order chi connectivity index (χ0) is 14.3. The van der Waals surface area contributed by atoms with Crippen LogP contribution < -0.4 is 5.32 Å². The molecule has 1 N–H and O–H groups in total. The molecule has 0 fully saturated rings. The number of rotatable bonds is 2. The van der Waals surface area contributed by atoms with Gasteiger partial charge in [0.1, 0.15) is 6.26 Å². The Balaban J connectivity index is 1.97. The molecule has 3 rings (SSSR count). The third kappa shape index (κ3) is 2.20. The van der Waals surface area contributed by atoms with Gasteiger partial charge in [0, 0.05) is 30.8 Å². The molecule has 0 bridgehead atoms. The summed E-state index contributed by atoms with van der Waals surface area (Å²) in [6.45, 7) is 0. The third-order valence-corrected chi connectivity index (χ3v) is 4.74. The summed E-state index contributed by atoms with van der Waals surface area (Å²) in [4.78, 5) is 12.1. The summed E-state index contributed by atoms with van der Waals surface area (Å²) in [6.07, 6.45) is 1.70. The number of aryl methyl sites for hydroxylation is 1. The number of amides is 1. The summed E-state index contributed by atoms with van der Waals surface area (Å²) in [7, 11) is -1.47. The summed E-state index contributed by atoms with van der Waals surface area (Å²) in [5.41, 5.74) is 1.37. The fourth-order valence-electron chi connectivity index (χ4n) is 2.25. The van der Waals surface area contributed by atoms with Gasteiger partial charge < -0.3 is 9.84 Å². The largest absolute Gasteiger partial charge is 0.363 e.